The first-order valence-electron chi connectivity index (χ1n) is 10.9. The van der Waals surface area contributed by atoms with Crippen molar-refractivity contribution < 1.29 is 19.1 Å². The smallest absolute Gasteiger partial charge is 0.331 e. The number of unbranched alkanes of at least 4 members (excludes halogenated alkanes) is 10. The van der Waals surface area contributed by atoms with Gasteiger partial charge in [0.2, 0.25) is 0 Å². The van der Waals surface area contributed by atoms with E-state index in [0.717, 1.165) is 37.8 Å². The number of esters is 2. The van der Waals surface area contributed by atoms with Gasteiger partial charge in [-0.2, -0.15) is 0 Å². The van der Waals surface area contributed by atoms with E-state index < -0.39 is 11.9 Å². The molecule has 0 aliphatic heterocycles. The van der Waals surface area contributed by atoms with Crippen molar-refractivity contribution >= 4 is 11.9 Å². The summed E-state index contributed by atoms with van der Waals surface area (Å²) >= 11 is 0. The fourth-order valence-corrected chi connectivity index (χ4v) is 2.62. The Balaban J connectivity index is 3.47. The van der Waals surface area contributed by atoms with Crippen LogP contribution in [0.15, 0.2) is 24.3 Å². The Bertz CT molecular complexity index is 413. The molecule has 0 radical (unpaired) electrons. The fourth-order valence-electron chi connectivity index (χ4n) is 2.62. The van der Waals surface area contributed by atoms with Gasteiger partial charge < -0.3 is 9.47 Å². The molecule has 0 N–H and O–H groups in total. The van der Waals surface area contributed by atoms with Gasteiger partial charge in [0, 0.05) is 12.2 Å². The Hall–Kier alpha value is -1.58. The van der Waals surface area contributed by atoms with E-state index in [2.05, 4.69) is 26.0 Å². The number of ether oxygens (including phenoxy) is 2. The molecule has 0 aromatic carbocycles. The van der Waals surface area contributed by atoms with Crippen molar-refractivity contribution in [2.75, 3.05) is 13.2 Å². The van der Waals surface area contributed by atoms with E-state index in [9.17, 15) is 9.59 Å². The molecule has 0 saturated carbocycles. The Morgan fingerprint density at radius 3 is 1.70 bits per heavy atom. The molecule has 4 nitrogen and oxygen atoms in total. The summed E-state index contributed by atoms with van der Waals surface area (Å²) in [5.41, 5.74) is 0. The molecular weight excluding hydrogens is 340 g/mol. The van der Waals surface area contributed by atoms with Gasteiger partial charge in [-0.05, 0) is 25.7 Å². The highest BCUT2D eigenvalue weighted by Crippen LogP contribution is 2.09. The van der Waals surface area contributed by atoms with Gasteiger partial charge in [0.1, 0.15) is 0 Å². The first kappa shape index (κ1) is 25.4. The highest BCUT2D eigenvalue weighted by Gasteiger charge is 2.00. The van der Waals surface area contributed by atoms with Gasteiger partial charge in [-0.3, -0.25) is 0 Å². The molecule has 4 heteroatoms. The molecule has 0 aromatic heterocycles. The minimum Gasteiger partial charge on any atom is -0.463 e. The van der Waals surface area contributed by atoms with Crippen LogP contribution in [0.3, 0.4) is 0 Å². The molecule has 0 aliphatic carbocycles. The van der Waals surface area contributed by atoms with Crippen molar-refractivity contribution in [3.63, 3.8) is 0 Å². The topological polar surface area (TPSA) is 52.6 Å². The monoisotopic (exact) mass is 380 g/mol. The van der Waals surface area contributed by atoms with Crippen LogP contribution in [-0.2, 0) is 19.1 Å². The van der Waals surface area contributed by atoms with Crippen LogP contribution in [0.4, 0.5) is 0 Å². The van der Waals surface area contributed by atoms with Crippen LogP contribution in [0.2, 0.25) is 0 Å². The average molecular weight is 381 g/mol. The molecule has 0 aromatic rings. The molecule has 0 spiro atoms. The van der Waals surface area contributed by atoms with E-state index in [1.54, 1.807) is 0 Å². The van der Waals surface area contributed by atoms with Gasteiger partial charge >= 0.3 is 11.9 Å². The number of hydrogen-bond acceptors (Lipinski definition) is 4. The molecular formula is C23H40O4. The zero-order chi connectivity index (χ0) is 20.0. The summed E-state index contributed by atoms with van der Waals surface area (Å²) in [5, 5.41) is 0. The van der Waals surface area contributed by atoms with Gasteiger partial charge in [0.05, 0.1) is 13.2 Å². The molecule has 0 rings (SSSR count). The third-order valence-corrected chi connectivity index (χ3v) is 4.27. The molecule has 0 bridgehead atoms. The lowest BCUT2D eigenvalue weighted by Crippen LogP contribution is -2.05. The van der Waals surface area contributed by atoms with Crippen molar-refractivity contribution in [3.8, 4) is 0 Å². The zero-order valence-electron chi connectivity index (χ0n) is 17.5. The zero-order valence-corrected chi connectivity index (χ0v) is 17.5. The van der Waals surface area contributed by atoms with E-state index in [1.807, 2.05) is 0 Å². The maximum Gasteiger partial charge on any atom is 0.331 e. The molecule has 27 heavy (non-hydrogen) atoms. The van der Waals surface area contributed by atoms with Crippen molar-refractivity contribution in [3.05, 3.63) is 24.3 Å². The summed E-state index contributed by atoms with van der Waals surface area (Å²) in [7, 11) is 0. The number of rotatable bonds is 18. The van der Waals surface area contributed by atoms with Crippen LogP contribution >= 0.6 is 0 Å². The number of carbonyl (C=O) groups is 2. The maximum atomic E-state index is 11.5. The fraction of sp³-hybridized carbons (Fsp3) is 0.739. The Morgan fingerprint density at radius 1 is 0.593 bits per heavy atom. The van der Waals surface area contributed by atoms with Crippen LogP contribution < -0.4 is 0 Å². The molecule has 0 amide bonds. The predicted molar refractivity (Wildman–Crippen MR) is 112 cm³/mol. The second kappa shape index (κ2) is 20.7. The van der Waals surface area contributed by atoms with Crippen LogP contribution in [0.5, 0.6) is 0 Å². The second-order valence-corrected chi connectivity index (χ2v) is 6.90. The number of hydrogen-bond donors (Lipinski definition) is 0. The van der Waals surface area contributed by atoms with Crippen molar-refractivity contribution in [2.45, 2.75) is 97.3 Å². The molecule has 0 fully saturated rings. The van der Waals surface area contributed by atoms with Gasteiger partial charge in [-0.15, -0.1) is 0 Å². The highest BCUT2D eigenvalue weighted by atomic mass is 16.5. The van der Waals surface area contributed by atoms with Crippen molar-refractivity contribution in [2.24, 2.45) is 0 Å². The third kappa shape index (κ3) is 20.6. The first-order chi connectivity index (χ1) is 13.2. The van der Waals surface area contributed by atoms with Gasteiger partial charge in [-0.1, -0.05) is 83.8 Å². The van der Waals surface area contributed by atoms with Gasteiger partial charge in [-0.25, -0.2) is 9.59 Å². The third-order valence-electron chi connectivity index (χ3n) is 4.27. The molecule has 156 valence electrons. The normalized spacial score (nSPS) is 11.3. The lowest BCUT2D eigenvalue weighted by Gasteiger charge is -2.01. The van der Waals surface area contributed by atoms with Crippen molar-refractivity contribution in [1.82, 2.24) is 0 Å². The lowest BCUT2D eigenvalue weighted by atomic mass is 10.1. The maximum absolute atomic E-state index is 11.5. The van der Waals surface area contributed by atoms with Gasteiger partial charge in [0.15, 0.2) is 0 Å². The summed E-state index contributed by atoms with van der Waals surface area (Å²) in [6.45, 7) is 5.07. The highest BCUT2D eigenvalue weighted by molar-refractivity contribution is 5.91. The van der Waals surface area contributed by atoms with E-state index >= 15 is 0 Å². The minimum atomic E-state index is -0.503. The summed E-state index contributed by atoms with van der Waals surface area (Å²) in [4.78, 5) is 22.9. The average Bonchev–Trinajstić information content (AvgIpc) is 2.67. The van der Waals surface area contributed by atoms with E-state index in [1.165, 1.54) is 51.4 Å². The minimum absolute atomic E-state index is 0.336. The molecule has 0 aliphatic rings. The number of allylic oxidation sites excluding steroid dienone is 1. The predicted octanol–water partition coefficient (Wildman–Crippen LogP) is 6.30. The van der Waals surface area contributed by atoms with Gasteiger partial charge in [0.25, 0.3) is 0 Å². The second-order valence-electron chi connectivity index (χ2n) is 6.90. The molecule has 0 unspecified atom stereocenters. The quantitative estimate of drug-likeness (QED) is 0.121. The van der Waals surface area contributed by atoms with Crippen LogP contribution in [0.25, 0.3) is 0 Å². The van der Waals surface area contributed by atoms with Crippen LogP contribution in [0, 0.1) is 0 Å². The summed E-state index contributed by atoms with van der Waals surface area (Å²) in [5.74, 6) is -0.995. The Morgan fingerprint density at radius 2 is 1.07 bits per heavy atom. The summed E-state index contributed by atoms with van der Waals surface area (Å²) in [6.07, 6.45) is 21.9. The first-order valence-corrected chi connectivity index (χ1v) is 10.9. The Labute approximate surface area is 166 Å². The molecule has 0 saturated heterocycles. The van der Waals surface area contributed by atoms with E-state index in [-0.39, 0.29) is 0 Å². The van der Waals surface area contributed by atoms with Crippen molar-refractivity contribution in [1.29, 1.82) is 0 Å². The van der Waals surface area contributed by atoms with Crippen LogP contribution in [0.1, 0.15) is 97.3 Å². The Kier molecular flexibility index (Phi) is 19.5. The van der Waals surface area contributed by atoms with E-state index in [4.69, 9.17) is 9.47 Å². The standard InChI is InChI=1S/C23H40O4/c1-3-5-7-8-9-10-11-12-13-14-15-17-21-27-23(25)19-18-22(24)26-20-16-6-4-2/h14-15,18-19H,3-13,16-17,20-21H2,1-2H3/b15-14+,19-18+. The summed E-state index contributed by atoms with van der Waals surface area (Å²) in [6, 6.07) is 0. The number of carbonyl (C=O) groups excluding carboxylic acids is 2. The SMILES string of the molecule is CCCCCCCCCC/C=C/CCOC(=O)/C=C/C(=O)OCCCCC. The lowest BCUT2D eigenvalue weighted by molar-refractivity contribution is -0.140. The molecule has 0 heterocycles. The van der Waals surface area contributed by atoms with Crippen LogP contribution in [-0.4, -0.2) is 25.2 Å². The molecule has 0 atom stereocenters. The largest absolute Gasteiger partial charge is 0.463 e. The van der Waals surface area contributed by atoms with E-state index in [0.29, 0.717) is 19.6 Å². The summed E-state index contributed by atoms with van der Waals surface area (Å²) < 4.78 is 10.0.